The molecule has 0 aliphatic heterocycles. The summed E-state index contributed by atoms with van der Waals surface area (Å²) in [5, 5.41) is 3.02. The van der Waals surface area contributed by atoms with Gasteiger partial charge in [-0.2, -0.15) is 0 Å². The molecule has 88 valence electrons. The maximum Gasteiger partial charge on any atom is 0.237 e. The van der Waals surface area contributed by atoms with Gasteiger partial charge in [-0.15, -0.1) is 12.4 Å². The molecule has 1 fully saturated rings. The number of amides is 1. The number of rotatable bonds is 3. The SMILES string of the molecule is CC(N)C(=O)NC1(c2ccccc2)CC1.Cl. The van der Waals surface area contributed by atoms with E-state index in [2.05, 4.69) is 17.4 Å². The fourth-order valence-corrected chi connectivity index (χ4v) is 1.72. The van der Waals surface area contributed by atoms with E-state index in [0.29, 0.717) is 0 Å². The lowest BCUT2D eigenvalue weighted by molar-refractivity contribution is -0.123. The van der Waals surface area contributed by atoms with E-state index in [9.17, 15) is 4.79 Å². The van der Waals surface area contributed by atoms with E-state index in [0.717, 1.165) is 12.8 Å². The van der Waals surface area contributed by atoms with Gasteiger partial charge in [0.25, 0.3) is 0 Å². The molecule has 1 unspecified atom stereocenters. The first-order valence-electron chi connectivity index (χ1n) is 5.27. The van der Waals surface area contributed by atoms with Crippen molar-refractivity contribution < 1.29 is 4.79 Å². The zero-order valence-electron chi connectivity index (χ0n) is 9.27. The topological polar surface area (TPSA) is 55.1 Å². The zero-order valence-corrected chi connectivity index (χ0v) is 10.1. The normalized spacial score (nSPS) is 18.1. The molecule has 2 rings (SSSR count). The predicted molar refractivity (Wildman–Crippen MR) is 66.4 cm³/mol. The van der Waals surface area contributed by atoms with Gasteiger partial charge in [0.05, 0.1) is 11.6 Å². The third kappa shape index (κ3) is 2.54. The molecule has 1 amide bonds. The quantitative estimate of drug-likeness (QED) is 0.843. The summed E-state index contributed by atoms with van der Waals surface area (Å²) in [6.07, 6.45) is 2.02. The lowest BCUT2D eigenvalue weighted by Gasteiger charge is -2.19. The zero-order chi connectivity index (χ0) is 10.9. The van der Waals surface area contributed by atoms with Crippen LogP contribution in [-0.2, 0) is 10.3 Å². The minimum absolute atomic E-state index is 0. The van der Waals surface area contributed by atoms with Crippen LogP contribution in [0.2, 0.25) is 0 Å². The Morgan fingerprint density at radius 2 is 1.94 bits per heavy atom. The van der Waals surface area contributed by atoms with E-state index in [1.54, 1.807) is 6.92 Å². The largest absolute Gasteiger partial charge is 0.345 e. The van der Waals surface area contributed by atoms with Crippen LogP contribution in [0.15, 0.2) is 30.3 Å². The maximum atomic E-state index is 11.5. The minimum Gasteiger partial charge on any atom is -0.345 e. The molecule has 1 aliphatic rings. The number of benzene rings is 1. The number of halogens is 1. The first-order valence-corrected chi connectivity index (χ1v) is 5.27. The molecule has 4 heteroatoms. The summed E-state index contributed by atoms with van der Waals surface area (Å²) in [6.45, 7) is 1.70. The molecule has 0 spiro atoms. The fourth-order valence-electron chi connectivity index (χ4n) is 1.72. The number of nitrogens with one attached hydrogen (secondary N) is 1. The Labute approximate surface area is 102 Å². The van der Waals surface area contributed by atoms with Crippen molar-refractivity contribution in [2.75, 3.05) is 0 Å². The Bertz CT molecular complexity index is 361. The van der Waals surface area contributed by atoms with Gasteiger partial charge in [-0.1, -0.05) is 30.3 Å². The standard InChI is InChI=1S/C12H16N2O.ClH/c1-9(13)11(15)14-12(7-8-12)10-5-3-2-4-6-10;/h2-6,9H,7-8,13H2,1H3,(H,14,15);1H. The first kappa shape index (κ1) is 13.0. The third-order valence-corrected chi connectivity index (χ3v) is 2.85. The Kier molecular flexibility index (Phi) is 3.94. The van der Waals surface area contributed by atoms with Gasteiger partial charge in [-0.25, -0.2) is 0 Å². The highest BCUT2D eigenvalue weighted by atomic mass is 35.5. The summed E-state index contributed by atoms with van der Waals surface area (Å²) in [4.78, 5) is 11.5. The van der Waals surface area contributed by atoms with Crippen molar-refractivity contribution in [1.29, 1.82) is 0 Å². The van der Waals surface area contributed by atoms with Crippen molar-refractivity contribution in [3.63, 3.8) is 0 Å². The van der Waals surface area contributed by atoms with Crippen LogP contribution in [0.4, 0.5) is 0 Å². The van der Waals surface area contributed by atoms with Gasteiger partial charge in [0.1, 0.15) is 0 Å². The van der Waals surface area contributed by atoms with Crippen molar-refractivity contribution >= 4 is 18.3 Å². The van der Waals surface area contributed by atoms with Crippen LogP contribution in [0.25, 0.3) is 0 Å². The summed E-state index contributed by atoms with van der Waals surface area (Å²) in [5.41, 5.74) is 6.58. The second-order valence-electron chi connectivity index (χ2n) is 4.23. The van der Waals surface area contributed by atoms with Crippen molar-refractivity contribution in [1.82, 2.24) is 5.32 Å². The number of hydrogen-bond donors (Lipinski definition) is 2. The Morgan fingerprint density at radius 3 is 2.38 bits per heavy atom. The molecule has 1 atom stereocenters. The summed E-state index contributed by atoms with van der Waals surface area (Å²) in [7, 11) is 0. The van der Waals surface area contributed by atoms with E-state index < -0.39 is 6.04 Å². The molecule has 1 aromatic carbocycles. The number of carbonyl (C=O) groups is 1. The van der Waals surface area contributed by atoms with Gasteiger partial charge in [0.2, 0.25) is 5.91 Å². The van der Waals surface area contributed by atoms with Gasteiger partial charge in [0.15, 0.2) is 0 Å². The molecule has 0 bridgehead atoms. The monoisotopic (exact) mass is 240 g/mol. The lowest BCUT2D eigenvalue weighted by atomic mass is 10.0. The van der Waals surface area contributed by atoms with Gasteiger partial charge >= 0.3 is 0 Å². The van der Waals surface area contributed by atoms with Crippen LogP contribution in [0.3, 0.4) is 0 Å². The molecular formula is C12H17ClN2O. The summed E-state index contributed by atoms with van der Waals surface area (Å²) >= 11 is 0. The highest BCUT2D eigenvalue weighted by molar-refractivity contribution is 5.85. The predicted octanol–water partition coefficient (Wildman–Crippen LogP) is 1.56. The van der Waals surface area contributed by atoms with E-state index in [1.165, 1.54) is 5.56 Å². The van der Waals surface area contributed by atoms with Crippen molar-refractivity contribution in [2.24, 2.45) is 5.73 Å². The molecular weight excluding hydrogens is 224 g/mol. The molecule has 0 heterocycles. The maximum absolute atomic E-state index is 11.5. The van der Waals surface area contributed by atoms with E-state index in [-0.39, 0.29) is 23.9 Å². The summed E-state index contributed by atoms with van der Waals surface area (Å²) in [5.74, 6) is -0.0728. The van der Waals surface area contributed by atoms with Gasteiger partial charge in [-0.05, 0) is 25.3 Å². The number of nitrogens with two attached hydrogens (primary N) is 1. The second kappa shape index (κ2) is 4.85. The van der Waals surface area contributed by atoms with Crippen molar-refractivity contribution in [3.8, 4) is 0 Å². The molecule has 0 aromatic heterocycles. The van der Waals surface area contributed by atoms with Gasteiger partial charge in [-0.3, -0.25) is 4.79 Å². The number of carbonyl (C=O) groups excluding carboxylic acids is 1. The molecule has 1 saturated carbocycles. The van der Waals surface area contributed by atoms with Crippen molar-refractivity contribution in [2.45, 2.75) is 31.3 Å². The van der Waals surface area contributed by atoms with Crippen LogP contribution >= 0.6 is 12.4 Å². The van der Waals surface area contributed by atoms with E-state index in [1.807, 2.05) is 18.2 Å². The number of hydrogen-bond acceptors (Lipinski definition) is 2. The smallest absolute Gasteiger partial charge is 0.237 e. The molecule has 1 aromatic rings. The summed E-state index contributed by atoms with van der Waals surface area (Å²) in [6, 6.07) is 9.63. The summed E-state index contributed by atoms with van der Waals surface area (Å²) < 4.78 is 0. The first-order chi connectivity index (χ1) is 7.14. The van der Waals surface area contributed by atoms with Crippen LogP contribution in [0, 0.1) is 0 Å². The highest BCUT2D eigenvalue weighted by Crippen LogP contribution is 2.45. The fraction of sp³-hybridized carbons (Fsp3) is 0.417. The highest BCUT2D eigenvalue weighted by Gasteiger charge is 2.45. The van der Waals surface area contributed by atoms with E-state index >= 15 is 0 Å². The van der Waals surface area contributed by atoms with Crippen molar-refractivity contribution in [3.05, 3.63) is 35.9 Å². The molecule has 3 nitrogen and oxygen atoms in total. The van der Waals surface area contributed by atoms with Gasteiger partial charge in [0, 0.05) is 0 Å². The third-order valence-electron chi connectivity index (χ3n) is 2.85. The average Bonchev–Trinajstić information content (AvgIpc) is 3.00. The van der Waals surface area contributed by atoms with Crippen LogP contribution in [-0.4, -0.2) is 11.9 Å². The Morgan fingerprint density at radius 1 is 1.38 bits per heavy atom. The molecule has 0 saturated heterocycles. The van der Waals surface area contributed by atoms with Crippen LogP contribution in [0.5, 0.6) is 0 Å². The molecule has 0 radical (unpaired) electrons. The Balaban J connectivity index is 0.00000128. The average molecular weight is 241 g/mol. The second-order valence-corrected chi connectivity index (χ2v) is 4.23. The molecule has 1 aliphatic carbocycles. The van der Waals surface area contributed by atoms with Crippen LogP contribution in [0.1, 0.15) is 25.3 Å². The van der Waals surface area contributed by atoms with E-state index in [4.69, 9.17) is 5.73 Å². The minimum atomic E-state index is -0.439. The lowest BCUT2D eigenvalue weighted by Crippen LogP contribution is -2.43. The molecule has 3 N–H and O–H groups in total. The molecule has 16 heavy (non-hydrogen) atoms. The van der Waals surface area contributed by atoms with Crippen LogP contribution < -0.4 is 11.1 Å². The van der Waals surface area contributed by atoms with Gasteiger partial charge < -0.3 is 11.1 Å². The Hall–Kier alpha value is -1.06.